The number of fused-ring (bicyclic) bond motifs is 2. The van der Waals surface area contributed by atoms with Gasteiger partial charge in [0, 0.05) is 25.5 Å². The zero-order valence-electron chi connectivity index (χ0n) is 18.6. The van der Waals surface area contributed by atoms with Crippen LogP contribution in [0, 0.1) is 0 Å². The molecular formula is C25H26N4O4. The minimum atomic E-state index is -0.744. The first-order valence-corrected chi connectivity index (χ1v) is 11.3. The van der Waals surface area contributed by atoms with Crippen molar-refractivity contribution < 1.29 is 14.3 Å². The van der Waals surface area contributed by atoms with E-state index in [2.05, 4.69) is 5.10 Å². The number of para-hydroxylation sites is 2. The smallest absolute Gasteiger partial charge is 0.274 e. The number of anilines is 1. The van der Waals surface area contributed by atoms with Gasteiger partial charge in [0.05, 0.1) is 29.7 Å². The van der Waals surface area contributed by atoms with Gasteiger partial charge in [0.15, 0.2) is 6.10 Å². The summed E-state index contributed by atoms with van der Waals surface area (Å²) in [7, 11) is 1.58. The molecule has 3 aromatic rings. The summed E-state index contributed by atoms with van der Waals surface area (Å²) in [6.07, 6.45) is 2.37. The Bertz CT molecular complexity index is 1280. The van der Waals surface area contributed by atoms with Gasteiger partial charge in [-0.25, -0.2) is 4.68 Å². The van der Waals surface area contributed by atoms with Crippen molar-refractivity contribution in [2.45, 2.75) is 31.8 Å². The molecule has 0 unspecified atom stereocenters. The Hall–Kier alpha value is -3.68. The molecule has 3 heterocycles. The van der Waals surface area contributed by atoms with Gasteiger partial charge < -0.3 is 14.5 Å². The third kappa shape index (κ3) is 3.97. The van der Waals surface area contributed by atoms with E-state index in [9.17, 15) is 14.4 Å². The molecule has 2 aliphatic rings. The highest BCUT2D eigenvalue weighted by Crippen LogP contribution is 2.34. The second kappa shape index (κ2) is 8.69. The number of nitrogens with zero attached hydrogens (tertiary/aromatic N) is 4. The van der Waals surface area contributed by atoms with Crippen LogP contribution in [0.4, 0.5) is 5.69 Å². The molecule has 1 atom stereocenters. The van der Waals surface area contributed by atoms with E-state index in [1.54, 1.807) is 30.1 Å². The number of carbonyl (C=O) groups is 2. The predicted octanol–water partition coefficient (Wildman–Crippen LogP) is 2.28. The van der Waals surface area contributed by atoms with Gasteiger partial charge >= 0.3 is 0 Å². The van der Waals surface area contributed by atoms with E-state index in [0.29, 0.717) is 27.9 Å². The van der Waals surface area contributed by atoms with Crippen molar-refractivity contribution >= 4 is 28.3 Å². The summed E-state index contributed by atoms with van der Waals surface area (Å²) in [6.45, 7) is 1.60. The number of piperidine rings is 1. The third-order valence-electron chi connectivity index (χ3n) is 6.37. The zero-order valence-corrected chi connectivity index (χ0v) is 18.6. The first kappa shape index (κ1) is 21.2. The van der Waals surface area contributed by atoms with Crippen molar-refractivity contribution in [3.8, 4) is 5.75 Å². The summed E-state index contributed by atoms with van der Waals surface area (Å²) < 4.78 is 7.30. The molecule has 0 bridgehead atoms. The maximum atomic E-state index is 13.5. The third-order valence-corrected chi connectivity index (χ3v) is 6.37. The monoisotopic (exact) mass is 446 g/mol. The summed E-state index contributed by atoms with van der Waals surface area (Å²) in [6, 6.07) is 14.4. The summed E-state index contributed by atoms with van der Waals surface area (Å²) in [5.74, 6) is 0.247. The Morgan fingerprint density at radius 2 is 1.70 bits per heavy atom. The highest BCUT2D eigenvalue weighted by molar-refractivity contribution is 6.00. The average molecular weight is 447 g/mol. The van der Waals surface area contributed by atoms with Crippen LogP contribution < -0.4 is 15.2 Å². The summed E-state index contributed by atoms with van der Waals surface area (Å²) in [4.78, 5) is 42.6. The lowest BCUT2D eigenvalue weighted by Crippen LogP contribution is -2.53. The largest absolute Gasteiger partial charge is 0.476 e. The second-order valence-corrected chi connectivity index (χ2v) is 8.56. The molecule has 1 aromatic heterocycles. The Kier molecular flexibility index (Phi) is 5.58. The van der Waals surface area contributed by atoms with Crippen LogP contribution in [0.3, 0.4) is 0 Å². The van der Waals surface area contributed by atoms with E-state index in [0.717, 1.165) is 32.4 Å². The van der Waals surface area contributed by atoms with E-state index in [1.165, 1.54) is 4.68 Å². The molecule has 170 valence electrons. The fraction of sp³-hybridized carbons (Fsp3) is 0.360. The molecule has 2 aliphatic heterocycles. The van der Waals surface area contributed by atoms with E-state index in [1.807, 2.05) is 35.2 Å². The molecule has 33 heavy (non-hydrogen) atoms. The molecule has 0 aliphatic carbocycles. The normalized spacial score (nSPS) is 18.0. The SMILES string of the molecule is Cn1nc(CC(=O)N2C[C@@H](C(=O)N3CCCCC3)Oc3ccccc32)c2ccccc2c1=O. The summed E-state index contributed by atoms with van der Waals surface area (Å²) in [5, 5.41) is 5.56. The molecule has 2 aromatic carbocycles. The first-order valence-electron chi connectivity index (χ1n) is 11.3. The van der Waals surface area contributed by atoms with Crippen LogP contribution in [0.15, 0.2) is 53.3 Å². The lowest BCUT2D eigenvalue weighted by atomic mass is 10.1. The van der Waals surface area contributed by atoms with E-state index in [-0.39, 0.29) is 30.3 Å². The Morgan fingerprint density at radius 1 is 1.00 bits per heavy atom. The van der Waals surface area contributed by atoms with Crippen LogP contribution in [0.25, 0.3) is 10.8 Å². The lowest BCUT2D eigenvalue weighted by Gasteiger charge is -2.37. The summed E-state index contributed by atoms with van der Waals surface area (Å²) in [5.41, 5.74) is 0.964. The van der Waals surface area contributed by atoms with E-state index >= 15 is 0 Å². The van der Waals surface area contributed by atoms with Gasteiger partial charge in [-0.3, -0.25) is 14.4 Å². The standard InChI is InChI=1S/C25H26N4O4/c1-27-24(31)18-10-4-3-9-17(18)19(26-27)15-23(30)29-16-22(25(32)28-13-7-2-8-14-28)33-21-12-6-5-11-20(21)29/h3-6,9-12,22H,2,7-8,13-16H2,1H3/t22-/m0/s1. The number of aryl methyl sites for hydroxylation is 1. The lowest BCUT2D eigenvalue weighted by molar-refractivity contribution is -0.139. The molecule has 0 radical (unpaired) electrons. The van der Waals surface area contributed by atoms with Crippen LogP contribution >= 0.6 is 0 Å². The molecule has 1 fully saturated rings. The van der Waals surface area contributed by atoms with Crippen LogP contribution in [-0.2, 0) is 23.1 Å². The van der Waals surface area contributed by atoms with Crippen molar-refractivity contribution in [2.24, 2.45) is 7.05 Å². The molecule has 0 spiro atoms. The number of hydrogen-bond donors (Lipinski definition) is 0. The van der Waals surface area contributed by atoms with Gasteiger partial charge in [-0.1, -0.05) is 30.3 Å². The quantitative estimate of drug-likeness (QED) is 0.616. The second-order valence-electron chi connectivity index (χ2n) is 8.56. The minimum absolute atomic E-state index is 0.00753. The average Bonchev–Trinajstić information content (AvgIpc) is 2.86. The Labute approximate surface area is 191 Å². The van der Waals surface area contributed by atoms with Crippen molar-refractivity contribution in [1.82, 2.24) is 14.7 Å². The zero-order chi connectivity index (χ0) is 22.9. The topological polar surface area (TPSA) is 84.7 Å². The van der Waals surface area contributed by atoms with E-state index in [4.69, 9.17) is 4.74 Å². The molecule has 8 nitrogen and oxygen atoms in total. The van der Waals surface area contributed by atoms with Gasteiger partial charge in [-0.15, -0.1) is 0 Å². The number of rotatable bonds is 3. The molecule has 0 N–H and O–H groups in total. The van der Waals surface area contributed by atoms with Crippen LogP contribution in [-0.4, -0.2) is 52.2 Å². The predicted molar refractivity (Wildman–Crippen MR) is 124 cm³/mol. The number of benzene rings is 2. The van der Waals surface area contributed by atoms with Crippen molar-refractivity contribution in [2.75, 3.05) is 24.5 Å². The number of likely N-dealkylation sites (tertiary alicyclic amines) is 1. The highest BCUT2D eigenvalue weighted by Gasteiger charge is 2.36. The van der Waals surface area contributed by atoms with Gasteiger partial charge in [0.2, 0.25) is 5.91 Å². The van der Waals surface area contributed by atoms with Gasteiger partial charge in [0.1, 0.15) is 5.75 Å². The molecule has 5 rings (SSSR count). The number of carbonyl (C=O) groups excluding carboxylic acids is 2. The molecule has 8 heteroatoms. The molecule has 0 saturated carbocycles. The maximum Gasteiger partial charge on any atom is 0.274 e. The van der Waals surface area contributed by atoms with Gasteiger partial charge in [-0.2, -0.15) is 5.10 Å². The van der Waals surface area contributed by atoms with Crippen LogP contribution in [0.5, 0.6) is 5.75 Å². The Morgan fingerprint density at radius 3 is 2.48 bits per heavy atom. The number of ether oxygens (including phenoxy) is 1. The fourth-order valence-corrected chi connectivity index (χ4v) is 4.66. The van der Waals surface area contributed by atoms with Gasteiger partial charge in [-0.05, 0) is 37.5 Å². The molecular weight excluding hydrogens is 420 g/mol. The van der Waals surface area contributed by atoms with Crippen molar-refractivity contribution in [3.63, 3.8) is 0 Å². The number of amides is 2. The Balaban J connectivity index is 1.46. The highest BCUT2D eigenvalue weighted by atomic mass is 16.5. The number of hydrogen-bond acceptors (Lipinski definition) is 5. The first-order chi connectivity index (χ1) is 16.0. The number of aromatic nitrogens is 2. The van der Waals surface area contributed by atoms with Crippen molar-refractivity contribution in [1.29, 1.82) is 0 Å². The minimum Gasteiger partial charge on any atom is -0.476 e. The van der Waals surface area contributed by atoms with E-state index < -0.39 is 6.10 Å². The van der Waals surface area contributed by atoms with Gasteiger partial charge in [0.25, 0.3) is 11.5 Å². The fourth-order valence-electron chi connectivity index (χ4n) is 4.66. The van der Waals surface area contributed by atoms with Crippen LogP contribution in [0.2, 0.25) is 0 Å². The molecule has 1 saturated heterocycles. The van der Waals surface area contributed by atoms with Crippen molar-refractivity contribution in [3.05, 3.63) is 64.6 Å². The molecule has 2 amide bonds. The maximum absolute atomic E-state index is 13.5. The summed E-state index contributed by atoms with van der Waals surface area (Å²) >= 11 is 0. The van der Waals surface area contributed by atoms with Crippen LogP contribution in [0.1, 0.15) is 25.0 Å².